The highest BCUT2D eigenvalue weighted by atomic mass is 127. The Morgan fingerprint density at radius 2 is 2.03 bits per heavy atom. The average Bonchev–Trinajstić information content (AvgIpc) is 3.29. The summed E-state index contributed by atoms with van der Waals surface area (Å²) in [6, 6.07) is 0. The van der Waals surface area contributed by atoms with Crippen LogP contribution in [0.1, 0.15) is 47.3 Å². The van der Waals surface area contributed by atoms with E-state index in [9.17, 15) is 0 Å². The second kappa shape index (κ2) is 10.6. The molecule has 0 amide bonds. The van der Waals surface area contributed by atoms with Crippen LogP contribution in [-0.4, -0.2) is 72.7 Å². The minimum Gasteiger partial charge on any atom is -0.414 e. The third-order valence-electron chi connectivity index (χ3n) is 6.23. The zero-order valence-corrected chi connectivity index (χ0v) is 24.8. The molecule has 0 spiro atoms. The van der Waals surface area contributed by atoms with Crippen LogP contribution < -0.4 is 0 Å². The van der Waals surface area contributed by atoms with Crippen molar-refractivity contribution >= 4 is 59.8 Å². The summed E-state index contributed by atoms with van der Waals surface area (Å²) in [6.45, 7) is 15.5. The van der Waals surface area contributed by atoms with Crippen molar-refractivity contribution < 1.29 is 14.0 Å². The topological polar surface area (TPSA) is 86.4 Å². The molecule has 1 aliphatic heterocycles. The highest BCUT2D eigenvalue weighted by Gasteiger charge is 2.43. The van der Waals surface area contributed by atoms with Crippen molar-refractivity contribution in [1.82, 2.24) is 19.4 Å². The summed E-state index contributed by atoms with van der Waals surface area (Å²) in [4.78, 5) is 21.3. The number of ether oxygens (including phenoxy) is 1. The lowest BCUT2D eigenvalue weighted by Gasteiger charge is -2.37. The summed E-state index contributed by atoms with van der Waals surface area (Å²) in [5.74, 6) is 0.636. The Hall–Kier alpha value is -1.57. The number of hydrogen-bond donors (Lipinski definition) is 0. The van der Waals surface area contributed by atoms with Crippen LogP contribution in [0.3, 0.4) is 0 Å². The molecule has 2 aromatic heterocycles. The number of halogens is 1. The van der Waals surface area contributed by atoms with Gasteiger partial charge < -0.3 is 23.5 Å². The molecule has 1 fully saturated rings. The van der Waals surface area contributed by atoms with Crippen molar-refractivity contribution in [2.75, 3.05) is 20.7 Å². The van der Waals surface area contributed by atoms with Crippen LogP contribution in [0.25, 0.3) is 11.0 Å². The molecule has 11 heteroatoms. The molecule has 34 heavy (non-hydrogen) atoms. The van der Waals surface area contributed by atoms with E-state index in [1.54, 1.807) is 12.7 Å². The van der Waals surface area contributed by atoms with Crippen molar-refractivity contribution in [2.45, 2.75) is 77.6 Å². The molecule has 0 unspecified atom stereocenters. The van der Waals surface area contributed by atoms with Crippen molar-refractivity contribution in [1.29, 1.82) is 0 Å². The lowest BCUT2D eigenvalue weighted by molar-refractivity contribution is -0.0571. The van der Waals surface area contributed by atoms with Crippen LogP contribution in [0.4, 0.5) is 5.82 Å². The van der Waals surface area contributed by atoms with Gasteiger partial charge in [-0.3, -0.25) is 0 Å². The average molecular weight is 601 g/mol. The number of hydrogen-bond acceptors (Lipinski definition) is 7. The molecule has 3 atom stereocenters. The Morgan fingerprint density at radius 1 is 1.32 bits per heavy atom. The lowest BCUT2D eigenvalue weighted by Crippen LogP contribution is -2.44. The minimum absolute atomic E-state index is 0.118. The summed E-state index contributed by atoms with van der Waals surface area (Å²) in [6.07, 6.45) is 5.27. The number of rotatable bonds is 8. The molecule has 0 bridgehead atoms. The van der Waals surface area contributed by atoms with Gasteiger partial charge in [0.2, 0.25) is 0 Å². The van der Waals surface area contributed by atoms with E-state index >= 15 is 0 Å². The van der Waals surface area contributed by atoms with E-state index < -0.39 is 8.32 Å². The van der Waals surface area contributed by atoms with Gasteiger partial charge in [-0.2, -0.15) is 0 Å². The second-order valence-electron chi connectivity index (χ2n) is 10.6. The highest BCUT2D eigenvalue weighted by molar-refractivity contribution is 14.1. The maximum Gasteiger partial charge on any atom is 0.192 e. The fourth-order valence-electron chi connectivity index (χ4n) is 3.32. The maximum absolute atomic E-state index is 6.52. The summed E-state index contributed by atoms with van der Waals surface area (Å²) in [5.41, 5.74) is 1.65. The molecule has 3 rings (SSSR count). The van der Waals surface area contributed by atoms with Gasteiger partial charge in [-0.15, -0.1) is 0 Å². The van der Waals surface area contributed by atoms with Crippen molar-refractivity contribution in [2.24, 2.45) is 10.1 Å². The van der Waals surface area contributed by atoms with Crippen LogP contribution in [0, 0.1) is 3.57 Å². The third-order valence-corrected chi connectivity index (χ3v) is 11.5. The standard InChI is InChI=1S/C23H37IN6O3Si/c1-15(2)28-33-17-10-19(32-18(17)12-31-34(8,9)23(3,4)5)30-11-16(24)20-21(27-14-29(6)7)25-13-26-22(20)30/h11,13-14,17-19H,10,12H2,1-9H3/t17-,18-,19-/m1/s1. The van der Waals surface area contributed by atoms with Crippen LogP contribution in [0.5, 0.6) is 0 Å². The maximum atomic E-state index is 6.52. The van der Waals surface area contributed by atoms with Gasteiger partial charge in [-0.25, -0.2) is 15.0 Å². The van der Waals surface area contributed by atoms with Gasteiger partial charge in [0.15, 0.2) is 20.2 Å². The summed E-state index contributed by atoms with van der Waals surface area (Å²) >= 11 is 2.30. The van der Waals surface area contributed by atoms with Crippen LogP contribution >= 0.6 is 22.6 Å². The van der Waals surface area contributed by atoms with Crippen LogP contribution in [-0.2, 0) is 14.0 Å². The second-order valence-corrected chi connectivity index (χ2v) is 16.6. The van der Waals surface area contributed by atoms with E-state index in [1.165, 1.54) is 0 Å². The summed E-state index contributed by atoms with van der Waals surface area (Å²) in [7, 11) is 1.92. The molecule has 0 N–H and O–H groups in total. The largest absolute Gasteiger partial charge is 0.414 e. The number of aliphatic imine (C=N–C) groups is 1. The number of nitrogens with zero attached hydrogens (tertiary/aromatic N) is 6. The van der Waals surface area contributed by atoms with Crippen LogP contribution in [0.2, 0.25) is 18.1 Å². The van der Waals surface area contributed by atoms with Crippen LogP contribution in [0.15, 0.2) is 22.7 Å². The molecule has 1 saturated heterocycles. The molecule has 3 heterocycles. The van der Waals surface area contributed by atoms with Gasteiger partial charge in [-0.05, 0) is 54.6 Å². The Balaban J connectivity index is 1.90. The minimum atomic E-state index is -1.93. The van der Waals surface area contributed by atoms with Gasteiger partial charge in [0.1, 0.15) is 24.3 Å². The fraction of sp³-hybridized carbons (Fsp3) is 0.652. The molecule has 188 valence electrons. The third kappa shape index (κ3) is 6.16. The molecule has 0 aromatic carbocycles. The number of fused-ring (bicyclic) bond motifs is 1. The van der Waals surface area contributed by atoms with Crippen molar-refractivity contribution in [3.8, 4) is 0 Å². The van der Waals surface area contributed by atoms with Gasteiger partial charge in [0, 0.05) is 30.3 Å². The van der Waals surface area contributed by atoms with Crippen molar-refractivity contribution in [3.05, 3.63) is 16.1 Å². The monoisotopic (exact) mass is 600 g/mol. The molecule has 0 radical (unpaired) electrons. The predicted molar refractivity (Wildman–Crippen MR) is 147 cm³/mol. The first-order valence-corrected chi connectivity index (χ1v) is 15.5. The molecule has 9 nitrogen and oxygen atoms in total. The Bertz CT molecular complexity index is 1060. The smallest absolute Gasteiger partial charge is 0.192 e. The zero-order chi connectivity index (χ0) is 25.3. The molecule has 2 aromatic rings. The molecular weight excluding hydrogens is 563 g/mol. The first-order chi connectivity index (χ1) is 15.8. The Kier molecular flexibility index (Phi) is 8.41. The SMILES string of the molecule is CC(C)=NO[C@@H]1C[C@H](n2cc(I)c3c(N=CN(C)C)ncnc32)O[C@@H]1CO[Si](C)(C)C(C)(C)C. The van der Waals surface area contributed by atoms with E-state index in [0.717, 1.165) is 20.3 Å². The number of aromatic nitrogens is 3. The van der Waals surface area contributed by atoms with Crippen molar-refractivity contribution in [3.63, 3.8) is 0 Å². The van der Waals surface area contributed by atoms with Gasteiger partial charge in [0.05, 0.1) is 24.0 Å². The Labute approximate surface area is 217 Å². The van der Waals surface area contributed by atoms with Gasteiger partial charge in [-0.1, -0.05) is 25.9 Å². The molecule has 1 aliphatic rings. The lowest BCUT2D eigenvalue weighted by atomic mass is 10.2. The quantitative estimate of drug-likeness (QED) is 0.134. The van der Waals surface area contributed by atoms with E-state index in [1.807, 2.05) is 39.0 Å². The molecule has 0 aliphatic carbocycles. The normalized spacial score (nSPS) is 21.4. The zero-order valence-electron chi connectivity index (χ0n) is 21.7. The predicted octanol–water partition coefficient (Wildman–Crippen LogP) is 5.35. The first kappa shape index (κ1) is 27.0. The van der Waals surface area contributed by atoms with E-state index in [4.69, 9.17) is 14.0 Å². The van der Waals surface area contributed by atoms with E-state index in [-0.39, 0.29) is 23.5 Å². The Morgan fingerprint density at radius 3 is 2.65 bits per heavy atom. The van der Waals surface area contributed by atoms with E-state index in [0.29, 0.717) is 18.8 Å². The van der Waals surface area contributed by atoms with E-state index in [2.05, 4.69) is 81.1 Å². The molecular formula is C23H37IN6O3Si. The first-order valence-electron chi connectivity index (χ1n) is 11.5. The fourth-order valence-corrected chi connectivity index (χ4v) is 5.12. The summed E-state index contributed by atoms with van der Waals surface area (Å²) in [5, 5.41) is 5.26. The van der Waals surface area contributed by atoms with Gasteiger partial charge >= 0.3 is 0 Å². The van der Waals surface area contributed by atoms with Gasteiger partial charge in [0.25, 0.3) is 0 Å². The summed E-state index contributed by atoms with van der Waals surface area (Å²) < 4.78 is 16.1. The molecule has 0 saturated carbocycles. The number of oxime groups is 1. The highest BCUT2D eigenvalue weighted by Crippen LogP contribution is 2.40.